The molecule has 0 spiro atoms. The van der Waals surface area contributed by atoms with E-state index in [0.717, 1.165) is 42.1 Å². The summed E-state index contributed by atoms with van der Waals surface area (Å²) in [7, 11) is 0. The zero-order valence-electron chi connectivity index (χ0n) is 18.3. The molecule has 2 aromatic heterocycles. The molecule has 0 radical (unpaired) electrons. The lowest BCUT2D eigenvalue weighted by molar-refractivity contribution is 0.0656. The molecule has 4 heterocycles. The molecule has 1 aromatic carbocycles. The van der Waals surface area contributed by atoms with Gasteiger partial charge >= 0.3 is 0 Å². The maximum absolute atomic E-state index is 12.8. The lowest BCUT2D eigenvalue weighted by Crippen LogP contribution is -2.38. The first-order valence-electron chi connectivity index (χ1n) is 11.1. The Labute approximate surface area is 191 Å². The van der Waals surface area contributed by atoms with E-state index in [1.807, 2.05) is 13.8 Å². The summed E-state index contributed by atoms with van der Waals surface area (Å²) in [4.78, 5) is 29.3. The van der Waals surface area contributed by atoms with E-state index in [1.165, 1.54) is 22.5 Å². The Morgan fingerprint density at radius 2 is 2.16 bits per heavy atom. The number of amides is 1. The Hall–Kier alpha value is -2.62. The first kappa shape index (κ1) is 21.2. The second-order valence-electron chi connectivity index (χ2n) is 8.45. The molecule has 8 nitrogen and oxygen atoms in total. The van der Waals surface area contributed by atoms with Crippen LogP contribution in [0.25, 0.3) is 10.3 Å². The molecule has 1 fully saturated rings. The van der Waals surface area contributed by atoms with E-state index in [4.69, 9.17) is 9.47 Å². The fourth-order valence-corrected chi connectivity index (χ4v) is 4.96. The smallest absolute Gasteiger partial charge is 0.280 e. The second-order valence-corrected chi connectivity index (χ2v) is 9.43. The SMILES string of the molecule is CC(C)OCc1ccc2c(c1)CCN2c1ncnc2sc(C(=O)NC3CCOCC3)nc12. The molecule has 0 bridgehead atoms. The summed E-state index contributed by atoms with van der Waals surface area (Å²) in [6.45, 7) is 6.88. The van der Waals surface area contributed by atoms with E-state index in [-0.39, 0.29) is 18.1 Å². The summed E-state index contributed by atoms with van der Waals surface area (Å²) in [5.74, 6) is 0.601. The Kier molecular flexibility index (Phi) is 6.03. The van der Waals surface area contributed by atoms with Gasteiger partial charge in [-0.25, -0.2) is 15.0 Å². The number of hydrogen-bond acceptors (Lipinski definition) is 8. The van der Waals surface area contributed by atoms with Gasteiger partial charge in [-0.3, -0.25) is 4.79 Å². The molecule has 0 atom stereocenters. The fraction of sp³-hybridized carbons (Fsp3) is 0.478. The minimum Gasteiger partial charge on any atom is -0.381 e. The summed E-state index contributed by atoms with van der Waals surface area (Å²) < 4.78 is 11.1. The average molecular weight is 454 g/mol. The van der Waals surface area contributed by atoms with Gasteiger partial charge in [0, 0.05) is 31.5 Å². The lowest BCUT2D eigenvalue weighted by Gasteiger charge is -2.22. The topological polar surface area (TPSA) is 89.5 Å². The van der Waals surface area contributed by atoms with E-state index in [0.29, 0.717) is 30.3 Å². The third-order valence-corrected chi connectivity index (χ3v) is 6.77. The number of nitrogens with zero attached hydrogens (tertiary/aromatic N) is 4. The van der Waals surface area contributed by atoms with E-state index in [9.17, 15) is 4.79 Å². The van der Waals surface area contributed by atoms with Crippen LogP contribution in [0.15, 0.2) is 24.5 Å². The van der Waals surface area contributed by atoms with Crippen molar-refractivity contribution in [1.29, 1.82) is 0 Å². The predicted molar refractivity (Wildman–Crippen MR) is 124 cm³/mol. The van der Waals surface area contributed by atoms with Gasteiger partial charge in [0.2, 0.25) is 0 Å². The number of hydrogen-bond donors (Lipinski definition) is 1. The molecule has 1 amide bonds. The van der Waals surface area contributed by atoms with Crippen LogP contribution >= 0.6 is 11.3 Å². The maximum Gasteiger partial charge on any atom is 0.280 e. The van der Waals surface area contributed by atoms with Crippen molar-refractivity contribution < 1.29 is 14.3 Å². The number of carbonyl (C=O) groups is 1. The van der Waals surface area contributed by atoms with Crippen molar-refractivity contribution in [2.75, 3.05) is 24.7 Å². The first-order chi connectivity index (χ1) is 15.6. The third-order valence-electron chi connectivity index (χ3n) is 5.81. The number of ether oxygens (including phenoxy) is 2. The van der Waals surface area contributed by atoms with Gasteiger partial charge < -0.3 is 19.7 Å². The molecule has 2 aliphatic heterocycles. The van der Waals surface area contributed by atoms with E-state index in [1.54, 1.807) is 6.33 Å². The second kappa shape index (κ2) is 9.09. The number of fused-ring (bicyclic) bond motifs is 2. The summed E-state index contributed by atoms with van der Waals surface area (Å²) in [5.41, 5.74) is 4.25. The van der Waals surface area contributed by atoms with Gasteiger partial charge in [0.05, 0.1) is 12.7 Å². The molecular formula is C23H27N5O3S. The number of aromatic nitrogens is 3. The van der Waals surface area contributed by atoms with Crippen molar-refractivity contribution in [3.63, 3.8) is 0 Å². The Balaban J connectivity index is 1.39. The number of thiazole rings is 1. The number of rotatable bonds is 6. The molecule has 168 valence electrons. The van der Waals surface area contributed by atoms with Gasteiger partial charge in [-0.2, -0.15) is 0 Å². The van der Waals surface area contributed by atoms with Crippen molar-refractivity contribution >= 4 is 39.1 Å². The summed E-state index contributed by atoms with van der Waals surface area (Å²) in [6, 6.07) is 6.57. The number of anilines is 2. The molecule has 0 unspecified atom stereocenters. The maximum atomic E-state index is 12.8. The van der Waals surface area contributed by atoms with Crippen molar-refractivity contribution in [3.05, 3.63) is 40.7 Å². The standard InChI is InChI=1S/C23H27N5O3S/c1-14(2)31-12-15-3-4-18-16(11-15)5-8-28(18)20-19-22(25-13-24-20)32-23(27-19)21(29)26-17-6-9-30-10-7-17/h3-4,11,13-14,17H,5-10,12H2,1-2H3,(H,26,29). The lowest BCUT2D eigenvalue weighted by atomic mass is 10.1. The molecule has 9 heteroatoms. The van der Waals surface area contributed by atoms with Crippen LogP contribution in [0.4, 0.5) is 11.5 Å². The van der Waals surface area contributed by atoms with Gasteiger partial charge in [0.25, 0.3) is 5.91 Å². The zero-order chi connectivity index (χ0) is 22.1. The molecule has 32 heavy (non-hydrogen) atoms. The van der Waals surface area contributed by atoms with Gasteiger partial charge in [-0.05, 0) is 50.3 Å². The Morgan fingerprint density at radius 1 is 1.31 bits per heavy atom. The Morgan fingerprint density at radius 3 is 2.97 bits per heavy atom. The van der Waals surface area contributed by atoms with Crippen LogP contribution < -0.4 is 10.2 Å². The van der Waals surface area contributed by atoms with E-state index in [2.05, 4.69) is 43.4 Å². The van der Waals surface area contributed by atoms with Gasteiger partial charge in [0.15, 0.2) is 10.8 Å². The van der Waals surface area contributed by atoms with Crippen LogP contribution in [0.2, 0.25) is 0 Å². The number of carbonyl (C=O) groups excluding carboxylic acids is 1. The predicted octanol–water partition coefficient (Wildman–Crippen LogP) is 3.61. The van der Waals surface area contributed by atoms with E-state index < -0.39 is 0 Å². The molecule has 1 saturated heterocycles. The highest BCUT2D eigenvalue weighted by molar-refractivity contribution is 7.20. The monoisotopic (exact) mass is 453 g/mol. The largest absolute Gasteiger partial charge is 0.381 e. The molecule has 5 rings (SSSR count). The molecule has 0 aliphatic carbocycles. The van der Waals surface area contributed by atoms with Gasteiger partial charge in [0.1, 0.15) is 16.7 Å². The van der Waals surface area contributed by atoms with Crippen LogP contribution in [-0.2, 0) is 22.5 Å². The van der Waals surface area contributed by atoms with Crippen molar-refractivity contribution in [1.82, 2.24) is 20.3 Å². The van der Waals surface area contributed by atoms with Crippen LogP contribution in [0.3, 0.4) is 0 Å². The van der Waals surface area contributed by atoms with Gasteiger partial charge in [-0.1, -0.05) is 23.5 Å². The zero-order valence-corrected chi connectivity index (χ0v) is 19.2. The van der Waals surface area contributed by atoms with Crippen LogP contribution in [0.5, 0.6) is 0 Å². The summed E-state index contributed by atoms with van der Waals surface area (Å²) in [5, 5.41) is 3.51. The molecule has 2 aliphatic rings. The highest BCUT2D eigenvalue weighted by Crippen LogP contribution is 2.37. The first-order valence-corrected chi connectivity index (χ1v) is 11.9. The van der Waals surface area contributed by atoms with Crippen LogP contribution in [0.1, 0.15) is 47.6 Å². The van der Waals surface area contributed by atoms with Crippen LogP contribution in [0, 0.1) is 0 Å². The average Bonchev–Trinajstić information content (AvgIpc) is 3.42. The third kappa shape index (κ3) is 4.32. The van der Waals surface area contributed by atoms with Crippen LogP contribution in [-0.4, -0.2) is 52.8 Å². The molecular weight excluding hydrogens is 426 g/mol. The normalized spacial score (nSPS) is 16.7. The Bertz CT molecular complexity index is 1130. The number of nitrogens with one attached hydrogen (secondary N) is 1. The van der Waals surface area contributed by atoms with Crippen molar-refractivity contribution in [2.45, 2.75) is 51.9 Å². The molecule has 0 saturated carbocycles. The quantitative estimate of drug-likeness (QED) is 0.610. The molecule has 1 N–H and O–H groups in total. The van der Waals surface area contributed by atoms with Crippen molar-refractivity contribution in [2.24, 2.45) is 0 Å². The minimum absolute atomic E-state index is 0.133. The van der Waals surface area contributed by atoms with Gasteiger partial charge in [-0.15, -0.1) is 0 Å². The highest BCUT2D eigenvalue weighted by Gasteiger charge is 2.26. The summed E-state index contributed by atoms with van der Waals surface area (Å²) in [6.07, 6.45) is 4.35. The minimum atomic E-state index is -0.150. The summed E-state index contributed by atoms with van der Waals surface area (Å²) >= 11 is 1.31. The highest BCUT2D eigenvalue weighted by atomic mass is 32.1. The van der Waals surface area contributed by atoms with E-state index >= 15 is 0 Å². The number of benzene rings is 1. The van der Waals surface area contributed by atoms with Crippen molar-refractivity contribution in [3.8, 4) is 0 Å². The molecule has 3 aromatic rings. The fourth-order valence-electron chi connectivity index (χ4n) is 4.15.